The highest BCUT2D eigenvalue weighted by Gasteiger charge is 2.37. The summed E-state index contributed by atoms with van der Waals surface area (Å²) in [5, 5.41) is 18.5. The molecule has 0 saturated heterocycles. The van der Waals surface area contributed by atoms with Gasteiger partial charge in [-0.05, 0) is 84.7 Å². The van der Waals surface area contributed by atoms with Crippen molar-refractivity contribution in [1.82, 2.24) is 19.3 Å². The smallest absolute Gasteiger partial charge is 0.416 e. The first-order chi connectivity index (χ1) is 21.1. The van der Waals surface area contributed by atoms with E-state index in [9.17, 15) is 32.2 Å². The maximum Gasteiger partial charge on any atom is 0.416 e. The van der Waals surface area contributed by atoms with E-state index in [0.717, 1.165) is 28.8 Å². The molecule has 0 bridgehead atoms. The number of ether oxygens (including phenoxy) is 1. The topological polar surface area (TPSA) is 121 Å². The number of carbonyl (C=O) groups is 1. The van der Waals surface area contributed by atoms with Crippen molar-refractivity contribution in [1.29, 1.82) is 0 Å². The van der Waals surface area contributed by atoms with Crippen LogP contribution >= 0.6 is 10.8 Å². The second-order valence-electron chi connectivity index (χ2n) is 11.7. The van der Waals surface area contributed by atoms with Gasteiger partial charge in [-0.15, -0.1) is 15.9 Å². The van der Waals surface area contributed by atoms with E-state index in [1.54, 1.807) is 4.68 Å². The quantitative estimate of drug-likeness (QED) is 0.181. The van der Waals surface area contributed by atoms with Gasteiger partial charge in [0, 0.05) is 25.6 Å². The van der Waals surface area contributed by atoms with Crippen LogP contribution in [0.5, 0.6) is 5.75 Å². The van der Waals surface area contributed by atoms with Crippen LogP contribution in [0.2, 0.25) is 0 Å². The molecule has 0 aliphatic carbocycles. The molecular formula is C32H37F3N4O5S. The fraction of sp³-hybridized carbons (Fsp3) is 0.406. The number of aromatic nitrogens is 3. The summed E-state index contributed by atoms with van der Waals surface area (Å²) in [6.07, 6.45) is -4.47. The molecule has 13 heteroatoms. The van der Waals surface area contributed by atoms with Gasteiger partial charge in [0.25, 0.3) is 0 Å². The summed E-state index contributed by atoms with van der Waals surface area (Å²) in [7, 11) is -2.25. The Morgan fingerprint density at radius 2 is 1.89 bits per heavy atom. The molecule has 242 valence electrons. The lowest BCUT2D eigenvalue weighted by atomic mass is 9.84. The van der Waals surface area contributed by atoms with Crippen LogP contribution in [0.3, 0.4) is 0 Å². The largest absolute Gasteiger partial charge is 0.494 e. The van der Waals surface area contributed by atoms with Gasteiger partial charge in [0.15, 0.2) is 0 Å². The van der Waals surface area contributed by atoms with E-state index in [2.05, 4.69) is 10.3 Å². The number of carboxylic acid groups (broad SMARTS) is 1. The molecule has 2 heterocycles. The molecule has 0 amide bonds. The summed E-state index contributed by atoms with van der Waals surface area (Å²) in [6.45, 7) is 8.43. The molecule has 0 unspecified atom stereocenters. The van der Waals surface area contributed by atoms with Gasteiger partial charge in [-0.1, -0.05) is 36.4 Å². The van der Waals surface area contributed by atoms with Gasteiger partial charge < -0.3 is 9.84 Å². The predicted molar refractivity (Wildman–Crippen MR) is 166 cm³/mol. The highest BCUT2D eigenvalue weighted by atomic mass is 32.3. The average Bonchev–Trinajstić information content (AvgIpc) is 3.38. The van der Waals surface area contributed by atoms with Crippen LogP contribution < -0.4 is 4.74 Å². The average molecular weight is 647 g/mol. The van der Waals surface area contributed by atoms with E-state index in [1.807, 2.05) is 52.0 Å². The number of methoxy groups -OCH3 is 1. The van der Waals surface area contributed by atoms with Crippen molar-refractivity contribution in [3.8, 4) is 5.75 Å². The van der Waals surface area contributed by atoms with E-state index < -0.39 is 34.4 Å². The number of rotatable bonds is 8. The van der Waals surface area contributed by atoms with Crippen molar-refractivity contribution in [2.45, 2.75) is 70.6 Å². The molecular weight excluding hydrogens is 609 g/mol. The van der Waals surface area contributed by atoms with Crippen molar-refractivity contribution in [2.75, 3.05) is 13.7 Å². The lowest BCUT2D eigenvalue weighted by molar-refractivity contribution is -0.138. The monoisotopic (exact) mass is 646 g/mol. The summed E-state index contributed by atoms with van der Waals surface area (Å²) in [5.74, 6) is -1.17. The number of hydrogen-bond acceptors (Lipinski definition) is 7. The lowest BCUT2D eigenvalue weighted by Crippen LogP contribution is -2.30. The molecule has 0 spiro atoms. The summed E-state index contributed by atoms with van der Waals surface area (Å²) < 4.78 is 72.6. The van der Waals surface area contributed by atoms with Crippen LogP contribution in [0, 0.1) is 19.8 Å². The van der Waals surface area contributed by atoms with Crippen LogP contribution in [0.15, 0.2) is 47.4 Å². The summed E-state index contributed by atoms with van der Waals surface area (Å²) in [5.41, 5.74) is 4.55. The van der Waals surface area contributed by atoms with E-state index in [-0.39, 0.29) is 30.3 Å². The van der Waals surface area contributed by atoms with Crippen molar-refractivity contribution < 1.29 is 36.9 Å². The van der Waals surface area contributed by atoms with Gasteiger partial charge in [0.1, 0.15) is 16.8 Å². The number of fused-ring (bicyclic) bond motifs is 2. The Hall–Kier alpha value is -3.65. The number of nitrogens with zero attached hydrogens (tertiary/aromatic N) is 4. The van der Waals surface area contributed by atoms with Crippen molar-refractivity contribution in [3.05, 3.63) is 81.4 Å². The minimum Gasteiger partial charge on any atom is -0.494 e. The van der Waals surface area contributed by atoms with Gasteiger partial charge in [0.05, 0.1) is 24.0 Å². The number of halogens is 3. The second-order valence-corrected chi connectivity index (χ2v) is 13.7. The van der Waals surface area contributed by atoms with Gasteiger partial charge in [0.2, 0.25) is 0 Å². The number of benzene rings is 3. The maximum atomic E-state index is 13.6. The predicted octanol–water partition coefficient (Wildman–Crippen LogP) is 7.42. The van der Waals surface area contributed by atoms with Crippen LogP contribution in [0.25, 0.3) is 11.0 Å². The van der Waals surface area contributed by atoms with Crippen LogP contribution in [-0.4, -0.2) is 53.1 Å². The first-order valence-electron chi connectivity index (χ1n) is 14.6. The summed E-state index contributed by atoms with van der Waals surface area (Å²) in [4.78, 5) is 12.0. The molecule has 9 nitrogen and oxygen atoms in total. The highest BCUT2D eigenvalue weighted by molar-refractivity contribution is 8.22. The van der Waals surface area contributed by atoms with Crippen molar-refractivity contribution >= 4 is 27.8 Å². The Kier molecular flexibility index (Phi) is 8.93. The standard InChI is InChI=1S/C32H37F3N4O5S/c1-6-39-31-27(44-5)14-25(20(4)30(31)36-37-39)26(15-29(40)41)21-8-7-19(3)23(12-21)17-38-16-18(2)11-22-9-10-24(32(33,34)35)13-28(22)45(38,42)43/h7-10,12-14,18,26,42-43H,6,11,15-17H2,1-5H3,(H,40,41)/t18-,26-/m0/s1. The number of alkyl halides is 3. The third-order valence-corrected chi connectivity index (χ3v) is 10.5. The zero-order chi connectivity index (χ0) is 32.8. The van der Waals surface area contributed by atoms with Crippen molar-refractivity contribution in [3.63, 3.8) is 0 Å². The van der Waals surface area contributed by atoms with Crippen LogP contribution in [-0.2, 0) is 30.5 Å². The second kappa shape index (κ2) is 12.3. The molecule has 5 rings (SSSR count). The summed E-state index contributed by atoms with van der Waals surface area (Å²) in [6, 6.07) is 10.5. The van der Waals surface area contributed by atoms with Gasteiger partial charge in [-0.2, -0.15) is 17.5 Å². The van der Waals surface area contributed by atoms with E-state index in [0.29, 0.717) is 46.5 Å². The fourth-order valence-electron chi connectivity index (χ4n) is 6.19. The zero-order valence-electron chi connectivity index (χ0n) is 25.7. The molecule has 0 fully saturated rings. The fourth-order valence-corrected chi connectivity index (χ4v) is 8.04. The van der Waals surface area contributed by atoms with Crippen molar-refractivity contribution in [2.24, 2.45) is 5.92 Å². The molecule has 1 aliphatic rings. The highest BCUT2D eigenvalue weighted by Crippen LogP contribution is 2.57. The maximum absolute atomic E-state index is 13.6. The SMILES string of the molecule is CCn1nnc2c(C)c([C@@H](CC(=O)O)c3ccc(C)c(CN4C[C@@H](C)Cc5ccc(C(F)(F)F)cc5S4(O)O)c3)cc(OC)c21. The molecule has 0 radical (unpaired) electrons. The van der Waals surface area contributed by atoms with Gasteiger partial charge >= 0.3 is 12.1 Å². The number of aliphatic carboxylic acids is 1. The Bertz CT molecular complexity index is 1760. The van der Waals surface area contributed by atoms with E-state index in [1.165, 1.54) is 17.5 Å². The first kappa shape index (κ1) is 32.7. The molecule has 3 N–H and O–H groups in total. The molecule has 1 aromatic heterocycles. The van der Waals surface area contributed by atoms with E-state index >= 15 is 0 Å². The third kappa shape index (κ3) is 6.26. The molecule has 45 heavy (non-hydrogen) atoms. The molecule has 4 aromatic rings. The first-order valence-corrected chi connectivity index (χ1v) is 16.1. The Balaban J connectivity index is 1.58. The van der Waals surface area contributed by atoms with Crippen LogP contribution in [0.4, 0.5) is 13.2 Å². The number of carboxylic acids is 1. The number of hydrogen-bond donors (Lipinski definition) is 3. The molecule has 0 saturated carbocycles. The normalized spacial score (nSPS) is 18.3. The van der Waals surface area contributed by atoms with Crippen LogP contribution in [0.1, 0.15) is 65.1 Å². The summed E-state index contributed by atoms with van der Waals surface area (Å²) >= 11 is 0. The Labute approximate surface area is 261 Å². The number of aryl methyl sites for hydroxylation is 3. The van der Waals surface area contributed by atoms with Gasteiger partial charge in [-0.3, -0.25) is 13.9 Å². The van der Waals surface area contributed by atoms with Gasteiger partial charge in [-0.25, -0.2) is 4.68 Å². The molecule has 3 aromatic carbocycles. The Morgan fingerprint density at radius 3 is 2.53 bits per heavy atom. The zero-order valence-corrected chi connectivity index (χ0v) is 26.5. The third-order valence-electron chi connectivity index (χ3n) is 8.57. The van der Waals surface area contributed by atoms with E-state index in [4.69, 9.17) is 4.74 Å². The molecule has 1 aliphatic heterocycles. The lowest BCUT2D eigenvalue weighted by Gasteiger charge is -2.43. The molecule has 2 atom stereocenters. The minimum absolute atomic E-state index is 0.0357. The minimum atomic E-state index is -4.63. The Morgan fingerprint density at radius 1 is 1.16 bits per heavy atom.